The Hall–Kier alpha value is -2.14. The summed E-state index contributed by atoms with van der Waals surface area (Å²) in [6.45, 7) is 1.97. The summed E-state index contributed by atoms with van der Waals surface area (Å²) in [6.07, 6.45) is 2.24. The standard InChI is InChI=1S/C20H18N2O2.Na.H/c1-15-12-19(22(14-15)17-10-6-3-7-11-17)21-18(20(23)24)13-16-8-4-2-5-9-16;;/h2-12,14H,13H2,1H3,(H,23,24);;/q;+1;-1. The van der Waals surface area contributed by atoms with E-state index in [4.69, 9.17) is 0 Å². The molecule has 0 aliphatic rings. The smallest absolute Gasteiger partial charge is 1.00 e. The van der Waals surface area contributed by atoms with Crippen LogP contribution in [0.5, 0.6) is 0 Å². The number of carboxylic acid groups (broad SMARTS) is 1. The van der Waals surface area contributed by atoms with Gasteiger partial charge in [-0.1, -0.05) is 48.5 Å². The molecule has 5 heteroatoms. The maximum atomic E-state index is 11.6. The Labute approximate surface area is 170 Å². The molecule has 0 unspecified atom stereocenters. The number of carboxylic acids is 1. The second-order valence-corrected chi connectivity index (χ2v) is 5.61. The fourth-order valence-electron chi connectivity index (χ4n) is 2.55. The maximum Gasteiger partial charge on any atom is 1.00 e. The zero-order valence-electron chi connectivity index (χ0n) is 15.4. The Morgan fingerprint density at radius 2 is 1.68 bits per heavy atom. The van der Waals surface area contributed by atoms with Crippen molar-refractivity contribution in [1.29, 1.82) is 0 Å². The SMILES string of the molecule is Cc1cc(N=C(Cc2ccccc2)C(=O)O)n(-c2ccccc2)c1.[H-].[Na+]. The Morgan fingerprint density at radius 3 is 2.28 bits per heavy atom. The zero-order chi connectivity index (χ0) is 16.9. The molecule has 0 spiro atoms. The Bertz CT molecular complexity index is 877. The third-order valence-corrected chi connectivity index (χ3v) is 3.68. The van der Waals surface area contributed by atoms with Crippen LogP contribution in [0.2, 0.25) is 0 Å². The molecule has 0 fully saturated rings. The van der Waals surface area contributed by atoms with Gasteiger partial charge in [0.2, 0.25) is 0 Å². The normalized spacial score (nSPS) is 11.0. The second-order valence-electron chi connectivity index (χ2n) is 5.61. The van der Waals surface area contributed by atoms with Gasteiger partial charge in [0.15, 0.2) is 0 Å². The van der Waals surface area contributed by atoms with E-state index < -0.39 is 5.97 Å². The van der Waals surface area contributed by atoms with Crippen molar-refractivity contribution in [2.45, 2.75) is 13.3 Å². The Kier molecular flexibility index (Phi) is 6.76. The van der Waals surface area contributed by atoms with E-state index in [1.165, 1.54) is 0 Å². The topological polar surface area (TPSA) is 54.6 Å². The number of aryl methyl sites for hydroxylation is 1. The molecular formula is C20H19N2NaO2. The molecule has 122 valence electrons. The number of hydrogen-bond donors (Lipinski definition) is 1. The molecule has 0 amide bonds. The minimum absolute atomic E-state index is 0. The third-order valence-electron chi connectivity index (χ3n) is 3.68. The van der Waals surface area contributed by atoms with E-state index in [9.17, 15) is 9.90 Å². The number of nitrogens with zero attached hydrogens (tertiary/aromatic N) is 2. The van der Waals surface area contributed by atoms with Gasteiger partial charge in [-0.2, -0.15) is 0 Å². The van der Waals surface area contributed by atoms with Crippen LogP contribution in [0, 0.1) is 6.92 Å². The molecule has 0 saturated heterocycles. The summed E-state index contributed by atoms with van der Waals surface area (Å²) < 4.78 is 1.91. The van der Waals surface area contributed by atoms with Gasteiger partial charge >= 0.3 is 35.5 Å². The predicted octanol–water partition coefficient (Wildman–Crippen LogP) is 1.30. The van der Waals surface area contributed by atoms with Crippen molar-refractivity contribution in [1.82, 2.24) is 4.57 Å². The summed E-state index contributed by atoms with van der Waals surface area (Å²) in [4.78, 5) is 16.1. The number of aliphatic imine (C=N–C) groups is 1. The minimum Gasteiger partial charge on any atom is -1.00 e. The summed E-state index contributed by atoms with van der Waals surface area (Å²) in [5.41, 5.74) is 3.03. The maximum absolute atomic E-state index is 11.6. The van der Waals surface area contributed by atoms with Gasteiger partial charge in [-0.25, -0.2) is 9.79 Å². The first-order valence-electron chi connectivity index (χ1n) is 7.72. The quantitative estimate of drug-likeness (QED) is 0.561. The molecule has 0 radical (unpaired) electrons. The van der Waals surface area contributed by atoms with Crippen LogP contribution in [0.15, 0.2) is 77.9 Å². The molecule has 1 aromatic heterocycles. The van der Waals surface area contributed by atoms with Crippen molar-refractivity contribution in [2.75, 3.05) is 0 Å². The van der Waals surface area contributed by atoms with Crippen LogP contribution < -0.4 is 29.6 Å². The van der Waals surface area contributed by atoms with Crippen molar-refractivity contribution in [3.05, 3.63) is 84.1 Å². The van der Waals surface area contributed by atoms with E-state index in [1.807, 2.05) is 84.4 Å². The molecule has 3 rings (SSSR count). The number of carbonyl (C=O) groups is 1. The van der Waals surface area contributed by atoms with Crippen molar-refractivity contribution < 1.29 is 40.9 Å². The minimum atomic E-state index is -1.00. The third kappa shape index (κ3) is 4.92. The van der Waals surface area contributed by atoms with Crippen molar-refractivity contribution in [3.63, 3.8) is 0 Å². The van der Waals surface area contributed by atoms with Gasteiger partial charge in [0.1, 0.15) is 11.5 Å². The number of hydrogen-bond acceptors (Lipinski definition) is 2. The average Bonchev–Trinajstić information content (AvgIpc) is 2.96. The first kappa shape index (κ1) is 19.2. The van der Waals surface area contributed by atoms with Crippen LogP contribution in [0.25, 0.3) is 5.69 Å². The van der Waals surface area contributed by atoms with E-state index >= 15 is 0 Å². The van der Waals surface area contributed by atoms with Gasteiger partial charge in [0.25, 0.3) is 0 Å². The average molecular weight is 342 g/mol. The van der Waals surface area contributed by atoms with E-state index in [0.717, 1.165) is 16.8 Å². The summed E-state index contributed by atoms with van der Waals surface area (Å²) in [7, 11) is 0. The van der Waals surface area contributed by atoms with Gasteiger partial charge < -0.3 is 11.1 Å². The zero-order valence-corrected chi connectivity index (χ0v) is 16.4. The van der Waals surface area contributed by atoms with Crippen molar-refractivity contribution >= 4 is 17.5 Å². The van der Waals surface area contributed by atoms with Crippen LogP contribution in [-0.4, -0.2) is 21.4 Å². The largest absolute Gasteiger partial charge is 1.00 e. The second kappa shape index (κ2) is 8.81. The predicted molar refractivity (Wildman–Crippen MR) is 96.5 cm³/mol. The monoisotopic (exact) mass is 342 g/mol. The number of para-hydroxylation sites is 1. The van der Waals surface area contributed by atoms with E-state index in [-0.39, 0.29) is 43.1 Å². The molecule has 25 heavy (non-hydrogen) atoms. The van der Waals surface area contributed by atoms with Crippen LogP contribution in [-0.2, 0) is 11.2 Å². The van der Waals surface area contributed by atoms with Gasteiger partial charge in [0, 0.05) is 18.3 Å². The van der Waals surface area contributed by atoms with Crippen molar-refractivity contribution in [3.8, 4) is 5.69 Å². The molecule has 0 bridgehead atoms. The summed E-state index contributed by atoms with van der Waals surface area (Å²) >= 11 is 0. The molecule has 0 saturated carbocycles. The molecule has 0 atom stereocenters. The molecule has 4 nitrogen and oxygen atoms in total. The summed E-state index contributed by atoms with van der Waals surface area (Å²) in [5.74, 6) is -0.385. The Morgan fingerprint density at radius 1 is 1.08 bits per heavy atom. The molecule has 1 heterocycles. The summed E-state index contributed by atoms with van der Waals surface area (Å²) in [6, 6.07) is 21.2. The van der Waals surface area contributed by atoms with Gasteiger partial charge in [-0.3, -0.25) is 0 Å². The molecule has 1 N–H and O–H groups in total. The number of rotatable bonds is 5. The fraction of sp³-hybridized carbons (Fsp3) is 0.100. The molecule has 0 aliphatic carbocycles. The summed E-state index contributed by atoms with van der Waals surface area (Å²) in [5, 5.41) is 9.52. The molecule has 0 aliphatic heterocycles. The van der Waals surface area contributed by atoms with Crippen LogP contribution in [0.4, 0.5) is 5.82 Å². The first-order chi connectivity index (χ1) is 11.6. The van der Waals surface area contributed by atoms with E-state index in [2.05, 4.69) is 4.99 Å². The number of aromatic nitrogens is 1. The number of aliphatic carboxylic acids is 1. The van der Waals surface area contributed by atoms with E-state index in [1.54, 1.807) is 0 Å². The fourth-order valence-corrected chi connectivity index (χ4v) is 2.55. The molecular weight excluding hydrogens is 323 g/mol. The van der Waals surface area contributed by atoms with Crippen LogP contribution >= 0.6 is 0 Å². The first-order valence-corrected chi connectivity index (χ1v) is 7.72. The van der Waals surface area contributed by atoms with Gasteiger partial charge in [-0.05, 0) is 36.2 Å². The van der Waals surface area contributed by atoms with Crippen LogP contribution in [0.1, 0.15) is 12.6 Å². The van der Waals surface area contributed by atoms with Crippen molar-refractivity contribution in [2.24, 2.45) is 4.99 Å². The number of benzene rings is 2. The van der Waals surface area contributed by atoms with Crippen LogP contribution in [0.3, 0.4) is 0 Å². The van der Waals surface area contributed by atoms with Gasteiger partial charge in [-0.15, -0.1) is 0 Å². The van der Waals surface area contributed by atoms with Gasteiger partial charge in [0.05, 0.1) is 0 Å². The molecule has 2 aromatic carbocycles. The van der Waals surface area contributed by atoms with E-state index in [0.29, 0.717) is 5.82 Å². The Balaban J connectivity index is 0.00000169. The molecule has 3 aromatic rings.